The van der Waals surface area contributed by atoms with E-state index in [-0.39, 0.29) is 18.1 Å². The van der Waals surface area contributed by atoms with Gasteiger partial charge in [0.25, 0.3) is 5.56 Å². The molecule has 7 nitrogen and oxygen atoms in total. The van der Waals surface area contributed by atoms with Crippen LogP contribution in [0.25, 0.3) is 6.08 Å². The lowest BCUT2D eigenvalue weighted by atomic mass is 10.2. The van der Waals surface area contributed by atoms with Crippen LogP contribution in [0, 0.1) is 0 Å². The van der Waals surface area contributed by atoms with Crippen molar-refractivity contribution in [2.75, 3.05) is 13.7 Å². The number of carbonyl (C=O) groups is 1. The van der Waals surface area contributed by atoms with Crippen LogP contribution in [-0.2, 0) is 9.53 Å². The lowest BCUT2D eigenvalue weighted by molar-refractivity contribution is -0.137. The van der Waals surface area contributed by atoms with Crippen molar-refractivity contribution in [3.8, 4) is 17.4 Å². The smallest absolute Gasteiger partial charge is 0.330 e. The van der Waals surface area contributed by atoms with Gasteiger partial charge < -0.3 is 19.2 Å². The number of H-pyrrole nitrogens is 1. The second-order valence-electron chi connectivity index (χ2n) is 4.43. The van der Waals surface area contributed by atoms with E-state index >= 15 is 0 Å². The van der Waals surface area contributed by atoms with E-state index in [0.29, 0.717) is 16.5 Å². The molecule has 1 aromatic carbocycles. The number of hydrogen-bond donors (Lipinski definition) is 1. The Labute approximate surface area is 142 Å². The minimum Gasteiger partial charge on any atom is -0.493 e. The van der Waals surface area contributed by atoms with Crippen molar-refractivity contribution < 1.29 is 19.0 Å². The van der Waals surface area contributed by atoms with Crippen molar-refractivity contribution >= 4 is 23.6 Å². The van der Waals surface area contributed by atoms with Gasteiger partial charge >= 0.3 is 5.97 Å². The summed E-state index contributed by atoms with van der Waals surface area (Å²) >= 11 is 5.90. The highest BCUT2D eigenvalue weighted by Gasteiger charge is 2.12. The van der Waals surface area contributed by atoms with Gasteiger partial charge in [0, 0.05) is 17.2 Å². The zero-order valence-corrected chi connectivity index (χ0v) is 13.8. The first-order valence-corrected chi connectivity index (χ1v) is 7.36. The SMILES string of the molecule is CCOC(=O)/C=C/c1c(Oc2ccc(Cl)cc2OC)nc[nH]c1=O. The van der Waals surface area contributed by atoms with Crippen LogP contribution in [0.2, 0.25) is 5.02 Å². The van der Waals surface area contributed by atoms with Crippen LogP contribution in [-0.4, -0.2) is 29.7 Å². The predicted molar refractivity (Wildman–Crippen MR) is 88.6 cm³/mol. The molecule has 126 valence electrons. The largest absolute Gasteiger partial charge is 0.493 e. The number of nitrogens with one attached hydrogen (secondary N) is 1. The van der Waals surface area contributed by atoms with Crippen LogP contribution in [0.5, 0.6) is 17.4 Å². The van der Waals surface area contributed by atoms with Gasteiger partial charge in [-0.25, -0.2) is 9.78 Å². The monoisotopic (exact) mass is 350 g/mol. The number of nitrogens with zero attached hydrogens (tertiary/aromatic N) is 1. The first kappa shape index (κ1) is 17.6. The van der Waals surface area contributed by atoms with E-state index in [1.54, 1.807) is 25.1 Å². The highest BCUT2D eigenvalue weighted by Crippen LogP contribution is 2.33. The molecule has 1 heterocycles. The van der Waals surface area contributed by atoms with Crippen molar-refractivity contribution in [2.24, 2.45) is 0 Å². The molecule has 0 spiro atoms. The maximum Gasteiger partial charge on any atom is 0.330 e. The van der Waals surface area contributed by atoms with Crippen molar-refractivity contribution in [3.05, 3.63) is 51.5 Å². The topological polar surface area (TPSA) is 90.5 Å². The number of aromatic nitrogens is 2. The highest BCUT2D eigenvalue weighted by molar-refractivity contribution is 6.30. The Bertz CT molecular complexity index is 816. The van der Waals surface area contributed by atoms with Crippen molar-refractivity contribution in [1.29, 1.82) is 0 Å². The van der Waals surface area contributed by atoms with Gasteiger partial charge in [0.1, 0.15) is 5.56 Å². The Morgan fingerprint density at radius 2 is 2.17 bits per heavy atom. The molecule has 24 heavy (non-hydrogen) atoms. The zero-order valence-electron chi connectivity index (χ0n) is 13.0. The molecule has 0 aliphatic heterocycles. The van der Waals surface area contributed by atoms with Crippen LogP contribution in [0.4, 0.5) is 0 Å². The number of benzene rings is 1. The molecular formula is C16H15ClN2O5. The number of aromatic amines is 1. The molecule has 0 bridgehead atoms. The fraction of sp³-hybridized carbons (Fsp3) is 0.188. The second kappa shape index (κ2) is 8.16. The van der Waals surface area contributed by atoms with Gasteiger partial charge in [-0.05, 0) is 25.1 Å². The summed E-state index contributed by atoms with van der Waals surface area (Å²) in [4.78, 5) is 29.8. The van der Waals surface area contributed by atoms with E-state index in [1.165, 1.54) is 19.5 Å². The number of ether oxygens (including phenoxy) is 3. The maximum atomic E-state index is 12.0. The number of carbonyl (C=O) groups excluding carboxylic acids is 1. The first-order chi connectivity index (χ1) is 11.5. The summed E-state index contributed by atoms with van der Waals surface area (Å²) < 4.78 is 15.6. The van der Waals surface area contributed by atoms with Crippen molar-refractivity contribution in [3.63, 3.8) is 0 Å². The minimum absolute atomic E-state index is 0.0138. The van der Waals surface area contributed by atoms with Gasteiger partial charge in [-0.15, -0.1) is 0 Å². The Kier molecular flexibility index (Phi) is 5.97. The lowest BCUT2D eigenvalue weighted by Crippen LogP contribution is -2.12. The maximum absolute atomic E-state index is 12.0. The van der Waals surface area contributed by atoms with Gasteiger partial charge in [-0.3, -0.25) is 4.79 Å². The van der Waals surface area contributed by atoms with E-state index in [2.05, 4.69) is 9.97 Å². The summed E-state index contributed by atoms with van der Waals surface area (Å²) in [5.74, 6) is 0.145. The molecule has 1 aromatic heterocycles. The average molecular weight is 351 g/mol. The van der Waals surface area contributed by atoms with Crippen LogP contribution in [0.15, 0.2) is 35.4 Å². The molecule has 8 heteroatoms. The predicted octanol–water partition coefficient (Wildman–Crippen LogP) is 2.80. The van der Waals surface area contributed by atoms with Gasteiger partial charge in [-0.2, -0.15) is 0 Å². The molecule has 0 aliphatic rings. The summed E-state index contributed by atoms with van der Waals surface area (Å²) in [5.41, 5.74) is -0.393. The number of hydrogen-bond acceptors (Lipinski definition) is 6. The Morgan fingerprint density at radius 3 is 2.88 bits per heavy atom. The lowest BCUT2D eigenvalue weighted by Gasteiger charge is -2.11. The molecule has 0 radical (unpaired) electrons. The van der Waals surface area contributed by atoms with Crippen molar-refractivity contribution in [2.45, 2.75) is 6.92 Å². The molecular weight excluding hydrogens is 336 g/mol. The molecule has 2 aromatic rings. The Morgan fingerprint density at radius 1 is 1.38 bits per heavy atom. The second-order valence-corrected chi connectivity index (χ2v) is 4.87. The van der Waals surface area contributed by atoms with Gasteiger partial charge in [0.15, 0.2) is 11.5 Å². The normalized spacial score (nSPS) is 10.6. The van der Waals surface area contributed by atoms with Crippen LogP contribution < -0.4 is 15.0 Å². The fourth-order valence-corrected chi connectivity index (χ4v) is 1.96. The molecule has 0 atom stereocenters. The average Bonchev–Trinajstić information content (AvgIpc) is 2.56. The molecule has 0 aliphatic carbocycles. The third kappa shape index (κ3) is 4.36. The fourth-order valence-electron chi connectivity index (χ4n) is 1.79. The highest BCUT2D eigenvalue weighted by atomic mass is 35.5. The van der Waals surface area contributed by atoms with Crippen LogP contribution in [0.1, 0.15) is 12.5 Å². The standard InChI is InChI=1S/C16H15ClN2O5/c1-3-23-14(20)7-5-11-15(21)18-9-19-16(11)24-12-6-4-10(17)8-13(12)22-2/h4-9H,3H2,1-2H3,(H,18,19,21)/b7-5+. The quantitative estimate of drug-likeness (QED) is 0.636. The molecule has 0 saturated carbocycles. The zero-order chi connectivity index (χ0) is 17.5. The number of esters is 1. The van der Waals surface area contributed by atoms with Crippen molar-refractivity contribution in [1.82, 2.24) is 9.97 Å². The third-order valence-corrected chi connectivity index (χ3v) is 3.09. The van der Waals surface area contributed by atoms with E-state index in [9.17, 15) is 9.59 Å². The summed E-state index contributed by atoms with van der Waals surface area (Å²) in [6, 6.07) is 4.77. The van der Waals surface area contributed by atoms with Gasteiger partial charge in [-0.1, -0.05) is 11.6 Å². The summed E-state index contributed by atoms with van der Waals surface area (Å²) in [6.07, 6.45) is 3.60. The van der Waals surface area contributed by atoms with Crippen LogP contribution >= 0.6 is 11.6 Å². The van der Waals surface area contributed by atoms with Gasteiger partial charge in [0.2, 0.25) is 5.88 Å². The minimum atomic E-state index is -0.573. The molecule has 1 N–H and O–H groups in total. The molecule has 0 amide bonds. The van der Waals surface area contributed by atoms with E-state index in [0.717, 1.165) is 6.08 Å². The number of rotatable bonds is 6. The van der Waals surface area contributed by atoms with E-state index < -0.39 is 11.5 Å². The Hall–Kier alpha value is -2.80. The first-order valence-electron chi connectivity index (χ1n) is 6.99. The summed E-state index contributed by atoms with van der Waals surface area (Å²) in [6.45, 7) is 1.92. The van der Waals surface area contributed by atoms with Crippen LogP contribution in [0.3, 0.4) is 0 Å². The molecule has 2 rings (SSSR count). The van der Waals surface area contributed by atoms with E-state index in [1.807, 2.05) is 0 Å². The number of methoxy groups -OCH3 is 1. The summed E-state index contributed by atoms with van der Waals surface area (Å²) in [7, 11) is 1.46. The third-order valence-electron chi connectivity index (χ3n) is 2.86. The van der Waals surface area contributed by atoms with E-state index in [4.69, 9.17) is 25.8 Å². The number of halogens is 1. The molecule has 0 unspecified atom stereocenters. The Balaban J connectivity index is 2.36. The van der Waals surface area contributed by atoms with Gasteiger partial charge in [0.05, 0.1) is 20.0 Å². The summed E-state index contributed by atoms with van der Waals surface area (Å²) in [5, 5.41) is 0.473. The molecule has 0 saturated heterocycles. The molecule has 0 fully saturated rings.